The van der Waals surface area contributed by atoms with Crippen molar-refractivity contribution in [2.75, 3.05) is 19.8 Å². The average Bonchev–Trinajstić information content (AvgIpc) is 2.38. The fourth-order valence-electron chi connectivity index (χ4n) is 1.73. The van der Waals surface area contributed by atoms with Gasteiger partial charge in [0.1, 0.15) is 18.3 Å². The van der Waals surface area contributed by atoms with Crippen LogP contribution in [0.3, 0.4) is 0 Å². The number of unbranched alkanes of at least 4 members (excludes halogenated alkanes) is 2. The molecule has 0 bridgehead atoms. The van der Waals surface area contributed by atoms with Crippen LogP contribution in [0.25, 0.3) is 0 Å². The van der Waals surface area contributed by atoms with E-state index in [1.165, 1.54) is 0 Å². The number of rotatable bonds is 9. The fourth-order valence-corrected chi connectivity index (χ4v) is 1.73. The minimum Gasteiger partial charge on any atom is -0.493 e. The smallest absolute Gasteiger partial charge is 0.150 e. The maximum absolute atomic E-state index is 10.1. The zero-order valence-corrected chi connectivity index (χ0v) is 11.5. The standard InChI is InChI=1S/C14H26O4/c1-3-5-8-16-11-13-14(15)12(7-10-18-13)17-9-6-4-2/h7,10,12-15H,3-6,8-9,11H2,1-2H3/t12-,13?,14+/m1/s1. The largest absolute Gasteiger partial charge is 0.493 e. The Hall–Kier alpha value is -0.580. The van der Waals surface area contributed by atoms with E-state index in [1.54, 1.807) is 12.3 Å². The molecule has 1 unspecified atom stereocenters. The van der Waals surface area contributed by atoms with Crippen molar-refractivity contribution >= 4 is 0 Å². The van der Waals surface area contributed by atoms with Gasteiger partial charge in [-0.05, 0) is 18.9 Å². The van der Waals surface area contributed by atoms with Gasteiger partial charge in [-0.1, -0.05) is 26.7 Å². The Morgan fingerprint density at radius 3 is 2.61 bits per heavy atom. The molecule has 0 aliphatic carbocycles. The summed E-state index contributed by atoms with van der Waals surface area (Å²) in [5.74, 6) is 0. The van der Waals surface area contributed by atoms with Gasteiger partial charge < -0.3 is 19.3 Å². The van der Waals surface area contributed by atoms with Crippen LogP contribution in [0.1, 0.15) is 39.5 Å². The molecule has 0 aromatic carbocycles. The molecule has 0 aromatic heterocycles. The summed E-state index contributed by atoms with van der Waals surface area (Å²) in [5.41, 5.74) is 0. The summed E-state index contributed by atoms with van der Waals surface area (Å²) in [6.07, 6.45) is 6.38. The van der Waals surface area contributed by atoms with Crippen LogP contribution in [-0.2, 0) is 14.2 Å². The quantitative estimate of drug-likeness (QED) is 0.644. The normalized spacial score (nSPS) is 27.2. The van der Waals surface area contributed by atoms with Gasteiger partial charge in [-0.2, -0.15) is 0 Å². The van der Waals surface area contributed by atoms with Gasteiger partial charge in [0.25, 0.3) is 0 Å². The number of hydrogen-bond acceptors (Lipinski definition) is 4. The molecule has 4 nitrogen and oxygen atoms in total. The lowest BCUT2D eigenvalue weighted by Crippen LogP contribution is -2.44. The Balaban J connectivity index is 2.26. The molecule has 0 saturated carbocycles. The van der Waals surface area contributed by atoms with Crippen molar-refractivity contribution in [1.29, 1.82) is 0 Å². The SMILES string of the molecule is CCCCOCC1OC=C[C@@H](OCCCC)[C@@H]1O. The molecular weight excluding hydrogens is 232 g/mol. The molecule has 0 fully saturated rings. The summed E-state index contributed by atoms with van der Waals surface area (Å²) in [4.78, 5) is 0. The molecular formula is C14H26O4. The summed E-state index contributed by atoms with van der Waals surface area (Å²) in [6.45, 7) is 6.04. The van der Waals surface area contributed by atoms with E-state index in [1.807, 2.05) is 0 Å². The third-order valence-corrected chi connectivity index (χ3v) is 2.97. The van der Waals surface area contributed by atoms with Crippen LogP contribution in [0, 0.1) is 0 Å². The highest BCUT2D eigenvalue weighted by Gasteiger charge is 2.31. The molecule has 0 amide bonds. The van der Waals surface area contributed by atoms with Crippen molar-refractivity contribution in [3.05, 3.63) is 12.3 Å². The third-order valence-electron chi connectivity index (χ3n) is 2.97. The zero-order valence-electron chi connectivity index (χ0n) is 11.5. The van der Waals surface area contributed by atoms with Crippen molar-refractivity contribution in [1.82, 2.24) is 0 Å². The van der Waals surface area contributed by atoms with Crippen LogP contribution in [0.5, 0.6) is 0 Å². The lowest BCUT2D eigenvalue weighted by Gasteiger charge is -2.31. The Morgan fingerprint density at radius 1 is 1.17 bits per heavy atom. The maximum Gasteiger partial charge on any atom is 0.150 e. The molecule has 0 aromatic rings. The summed E-state index contributed by atoms with van der Waals surface area (Å²) >= 11 is 0. The molecule has 0 saturated heterocycles. The first kappa shape index (κ1) is 15.5. The van der Waals surface area contributed by atoms with E-state index in [-0.39, 0.29) is 12.2 Å². The lowest BCUT2D eigenvalue weighted by molar-refractivity contribution is -0.111. The van der Waals surface area contributed by atoms with Gasteiger partial charge in [0, 0.05) is 13.2 Å². The van der Waals surface area contributed by atoms with E-state index in [0.29, 0.717) is 19.8 Å². The molecule has 1 aliphatic rings. The van der Waals surface area contributed by atoms with Crippen LogP contribution in [0.4, 0.5) is 0 Å². The highest BCUT2D eigenvalue weighted by atomic mass is 16.6. The molecule has 1 N–H and O–H groups in total. The Bertz CT molecular complexity index is 230. The summed E-state index contributed by atoms with van der Waals surface area (Å²) < 4.78 is 16.5. The second kappa shape index (κ2) is 9.36. The van der Waals surface area contributed by atoms with Crippen molar-refractivity contribution in [3.63, 3.8) is 0 Å². The Morgan fingerprint density at radius 2 is 1.89 bits per heavy atom. The summed E-state index contributed by atoms with van der Waals surface area (Å²) in [5, 5.41) is 10.1. The highest BCUT2D eigenvalue weighted by Crippen LogP contribution is 2.16. The predicted octanol–water partition coefficient (Wildman–Crippen LogP) is 2.26. The first-order valence-corrected chi connectivity index (χ1v) is 6.99. The zero-order chi connectivity index (χ0) is 13.2. The number of aliphatic hydroxyl groups excluding tert-OH is 1. The average molecular weight is 258 g/mol. The van der Waals surface area contributed by atoms with Crippen LogP contribution >= 0.6 is 0 Å². The minimum absolute atomic E-state index is 0.273. The Kier molecular flexibility index (Phi) is 8.05. The van der Waals surface area contributed by atoms with E-state index < -0.39 is 6.10 Å². The second-order valence-corrected chi connectivity index (χ2v) is 4.61. The molecule has 0 spiro atoms. The fraction of sp³-hybridized carbons (Fsp3) is 0.857. The molecule has 1 rings (SSSR count). The Labute approximate surface area is 110 Å². The van der Waals surface area contributed by atoms with Crippen molar-refractivity contribution in [3.8, 4) is 0 Å². The first-order valence-electron chi connectivity index (χ1n) is 6.99. The molecule has 0 radical (unpaired) electrons. The predicted molar refractivity (Wildman–Crippen MR) is 70.4 cm³/mol. The number of hydrogen-bond donors (Lipinski definition) is 1. The van der Waals surface area contributed by atoms with Gasteiger partial charge >= 0.3 is 0 Å². The molecule has 4 heteroatoms. The molecule has 1 aliphatic heterocycles. The van der Waals surface area contributed by atoms with Crippen LogP contribution in [0.2, 0.25) is 0 Å². The minimum atomic E-state index is -0.645. The topological polar surface area (TPSA) is 47.9 Å². The third kappa shape index (κ3) is 5.38. The van der Waals surface area contributed by atoms with Crippen molar-refractivity contribution in [2.45, 2.75) is 57.8 Å². The molecule has 18 heavy (non-hydrogen) atoms. The molecule has 1 heterocycles. The van der Waals surface area contributed by atoms with Crippen molar-refractivity contribution < 1.29 is 19.3 Å². The van der Waals surface area contributed by atoms with Crippen LogP contribution < -0.4 is 0 Å². The van der Waals surface area contributed by atoms with Gasteiger partial charge in [0.05, 0.1) is 12.9 Å². The van der Waals surface area contributed by atoms with E-state index >= 15 is 0 Å². The van der Waals surface area contributed by atoms with Crippen molar-refractivity contribution in [2.24, 2.45) is 0 Å². The second-order valence-electron chi connectivity index (χ2n) is 4.61. The van der Waals surface area contributed by atoms with Gasteiger partial charge in [0.15, 0.2) is 0 Å². The van der Waals surface area contributed by atoms with Gasteiger partial charge in [0.2, 0.25) is 0 Å². The number of ether oxygens (including phenoxy) is 3. The van der Waals surface area contributed by atoms with E-state index in [4.69, 9.17) is 14.2 Å². The maximum atomic E-state index is 10.1. The van der Waals surface area contributed by atoms with Gasteiger partial charge in [-0.25, -0.2) is 0 Å². The van der Waals surface area contributed by atoms with E-state index in [2.05, 4.69) is 13.8 Å². The van der Waals surface area contributed by atoms with Gasteiger partial charge in [-0.15, -0.1) is 0 Å². The van der Waals surface area contributed by atoms with E-state index in [0.717, 1.165) is 25.7 Å². The van der Waals surface area contributed by atoms with E-state index in [9.17, 15) is 5.11 Å². The number of aliphatic hydroxyl groups is 1. The lowest BCUT2D eigenvalue weighted by atomic mass is 10.1. The van der Waals surface area contributed by atoms with Crippen LogP contribution in [0.15, 0.2) is 12.3 Å². The van der Waals surface area contributed by atoms with Crippen LogP contribution in [-0.4, -0.2) is 43.2 Å². The summed E-state index contributed by atoms with van der Waals surface area (Å²) in [7, 11) is 0. The highest BCUT2D eigenvalue weighted by molar-refractivity contribution is 4.98. The van der Waals surface area contributed by atoms with Gasteiger partial charge in [-0.3, -0.25) is 0 Å². The molecule has 106 valence electrons. The monoisotopic (exact) mass is 258 g/mol. The molecule has 3 atom stereocenters. The summed E-state index contributed by atoms with van der Waals surface area (Å²) in [6, 6.07) is 0. The first-order chi connectivity index (χ1) is 8.79.